The summed E-state index contributed by atoms with van der Waals surface area (Å²) >= 11 is 11.4. The quantitative estimate of drug-likeness (QED) is 0.0354. The van der Waals surface area contributed by atoms with E-state index in [4.69, 9.17) is 28.4 Å². The number of hydrogen-bond donors (Lipinski definition) is 0. The van der Waals surface area contributed by atoms with Crippen molar-refractivity contribution in [3.8, 4) is 83.3 Å². The van der Waals surface area contributed by atoms with Gasteiger partial charge >= 0.3 is 0 Å². The van der Waals surface area contributed by atoms with E-state index in [0.717, 1.165) is 84.1 Å². The molecule has 0 bridgehead atoms. The Kier molecular flexibility index (Phi) is 77.9. The minimum Gasteiger partial charge on any atom is -0.490 e. The summed E-state index contributed by atoms with van der Waals surface area (Å²) in [5.74, 6) is 4.94. The molecule has 148 heavy (non-hydrogen) atoms. The molecule has 0 aliphatic carbocycles. The molecule has 6 heterocycles. The highest BCUT2D eigenvalue weighted by atomic mass is 32.1. The topological polar surface area (TPSA) is 55.4 Å². The Morgan fingerprint density at radius 1 is 0.142 bits per heavy atom. The van der Waals surface area contributed by atoms with E-state index in [2.05, 4.69) is 163 Å². The normalized spacial score (nSPS) is 11.8. The van der Waals surface area contributed by atoms with Crippen molar-refractivity contribution < 1.29 is 28.4 Å². The fourth-order valence-electron chi connectivity index (χ4n) is 20.9. The Morgan fingerprint density at radius 2 is 0.270 bits per heavy atom. The van der Waals surface area contributed by atoms with Gasteiger partial charge in [-0.3, -0.25) is 0 Å². The summed E-state index contributed by atoms with van der Waals surface area (Å²) in [6, 6.07) is 36.9. The molecule has 0 atom stereocenters. The van der Waals surface area contributed by atoms with Crippen molar-refractivity contribution in [2.45, 2.75) is 581 Å². The van der Waals surface area contributed by atoms with Crippen LogP contribution in [0.2, 0.25) is 0 Å². The lowest BCUT2D eigenvalue weighted by Gasteiger charge is -2.18. The van der Waals surface area contributed by atoms with Crippen LogP contribution in [0.15, 0.2) is 97.1 Å². The summed E-state index contributed by atoms with van der Waals surface area (Å²) < 4.78 is 41.3. The van der Waals surface area contributed by atoms with Crippen LogP contribution in [0, 0.1) is 0 Å². The van der Waals surface area contributed by atoms with Gasteiger partial charge in [-0.05, 0) is 159 Å². The van der Waals surface area contributed by atoms with Crippen LogP contribution in [-0.4, -0.2) is 39.6 Å². The van der Waals surface area contributed by atoms with Crippen LogP contribution in [0.1, 0.15) is 602 Å². The lowest BCUT2D eigenvalue weighted by atomic mass is 10.0. The smallest absolute Gasteiger partial charge is 0.203 e. The zero-order valence-corrected chi connectivity index (χ0v) is 101. The molecule has 0 spiro atoms. The van der Waals surface area contributed by atoms with E-state index in [1.165, 1.54) is 559 Å². The van der Waals surface area contributed by atoms with Crippen molar-refractivity contribution in [2.75, 3.05) is 39.6 Å². The first-order chi connectivity index (χ1) is 73.4. The van der Waals surface area contributed by atoms with Gasteiger partial charge in [0.05, 0.1) is 39.6 Å². The number of hydrogen-bond acceptors (Lipinski definition) is 12. The summed E-state index contributed by atoms with van der Waals surface area (Å²) in [5, 5.41) is 0. The predicted molar refractivity (Wildman–Crippen MR) is 666 cm³/mol. The summed E-state index contributed by atoms with van der Waals surface area (Å²) in [5.41, 5.74) is 2.19. The third-order valence-electron chi connectivity index (χ3n) is 30.4. The molecule has 0 aliphatic rings. The van der Waals surface area contributed by atoms with Crippen LogP contribution in [0.25, 0.3) is 73.1 Å². The van der Waals surface area contributed by atoms with Gasteiger partial charge in [-0.25, -0.2) is 0 Å². The Bertz CT molecular complexity index is 4030. The number of unbranched alkanes of at least 4 members (excludes halogenated alkanes) is 78. The highest BCUT2D eigenvalue weighted by Gasteiger charge is 2.21. The Morgan fingerprint density at radius 3 is 0.426 bits per heavy atom. The SMILES string of the molecule is CCCCCCCCCCCCCCCCOc1cc(/C=C/c2ccc(-c3ccc(-c4ccc(-c5ccc(-c6ccc(-c7ccc(/C=C/c8cc(OCCCCCCCCCCCCCCCC)c(OCCCCCCCCCCCCCCCC)c(OCCCCCCCCCCCCCCCC)c8)s7)s6)s5)s4)s3)s2)cc(OCCCCCCCCCCCCCCCC)c1OCCCCCCCCCCCCCCCC. The number of benzene rings is 2. The first-order valence-electron chi connectivity index (χ1n) is 63.5. The monoisotopic (exact) mass is 2140 g/mol. The van der Waals surface area contributed by atoms with Gasteiger partial charge in [-0.15, -0.1) is 68.0 Å². The van der Waals surface area contributed by atoms with E-state index in [-0.39, 0.29) is 0 Å². The van der Waals surface area contributed by atoms with Gasteiger partial charge in [0.15, 0.2) is 23.0 Å². The number of rotatable bonds is 105. The molecule has 0 unspecified atom stereocenters. The van der Waals surface area contributed by atoms with Gasteiger partial charge in [0.1, 0.15) is 0 Å². The van der Waals surface area contributed by atoms with Gasteiger partial charge < -0.3 is 28.4 Å². The summed E-state index contributed by atoms with van der Waals surface area (Å²) in [6.45, 7) is 18.0. The molecular formula is C136H218O6S6. The van der Waals surface area contributed by atoms with Gasteiger partial charge in [-0.1, -0.05) is 555 Å². The summed E-state index contributed by atoms with van der Waals surface area (Å²) in [4.78, 5) is 15.6. The number of ether oxygens (including phenoxy) is 6. The van der Waals surface area contributed by atoms with Crippen LogP contribution in [0.3, 0.4) is 0 Å². The van der Waals surface area contributed by atoms with Crippen LogP contribution < -0.4 is 28.4 Å². The third-order valence-corrected chi connectivity index (χ3v) is 37.8. The largest absolute Gasteiger partial charge is 0.490 e. The zero-order valence-electron chi connectivity index (χ0n) is 96.1. The van der Waals surface area contributed by atoms with Gasteiger partial charge in [0.25, 0.3) is 0 Å². The summed E-state index contributed by atoms with van der Waals surface area (Å²) in [7, 11) is 0. The lowest BCUT2D eigenvalue weighted by molar-refractivity contribution is 0.234. The maximum atomic E-state index is 6.89. The van der Waals surface area contributed by atoms with Crippen LogP contribution in [0.4, 0.5) is 0 Å². The van der Waals surface area contributed by atoms with Crippen LogP contribution >= 0.6 is 68.0 Å². The lowest BCUT2D eigenvalue weighted by Crippen LogP contribution is -2.06. The highest BCUT2D eigenvalue weighted by molar-refractivity contribution is 7.30. The number of thiophene rings is 6. The van der Waals surface area contributed by atoms with Crippen molar-refractivity contribution in [1.82, 2.24) is 0 Å². The van der Waals surface area contributed by atoms with E-state index < -0.39 is 0 Å². The van der Waals surface area contributed by atoms with E-state index in [0.29, 0.717) is 39.6 Å². The Hall–Kier alpha value is -5.08. The van der Waals surface area contributed by atoms with Crippen molar-refractivity contribution in [3.05, 3.63) is 118 Å². The first kappa shape index (κ1) is 128. The molecular weight excluding hydrogens is 1920 g/mol. The Labute approximate surface area is 934 Å². The van der Waals surface area contributed by atoms with E-state index in [1.54, 1.807) is 0 Å². The van der Waals surface area contributed by atoms with Gasteiger partial charge in [0.2, 0.25) is 11.5 Å². The van der Waals surface area contributed by atoms with E-state index in [9.17, 15) is 0 Å². The molecule has 834 valence electrons. The fourth-order valence-corrected chi connectivity index (χ4v) is 27.2. The predicted octanol–water partition coefficient (Wildman–Crippen LogP) is 49.9. The molecule has 6 aromatic heterocycles. The van der Waals surface area contributed by atoms with E-state index >= 15 is 0 Å². The standard InChI is InChI=1S/C136H218O6S6/c1-7-13-19-25-31-37-43-49-55-61-67-73-79-85-107-137-121-113-117(114-122(138-108-86-80-74-68-62-56-50-44-38-32-26-20-14-8-2)135(121)141-111-89-83-77-71-65-59-53-47-41-35-29-23-17-11-5)91-93-119-95-97-125(143-119)127-99-101-129(145-127)131-103-105-133(147-131)134-106-104-132(148-134)130-102-100-128(146-130)126-98-96-120(144-126)94-92-118-115-123(139-109-87-81-75-69-63-57-51-45-39-33-27-21-15-9-3)136(142-112-90-84-78-72-66-60-54-48-42-36-30-24-18-12-6)124(116-118)140-110-88-82-76-70-64-58-52-46-40-34-28-22-16-10-4/h91-106,113-116H,7-90,107-112H2,1-6H3/b93-91+,94-92+. The van der Waals surface area contributed by atoms with Crippen molar-refractivity contribution in [3.63, 3.8) is 0 Å². The molecule has 8 aromatic rings. The minimum absolute atomic E-state index is 0.682. The van der Waals surface area contributed by atoms with Crippen LogP contribution in [0.5, 0.6) is 34.5 Å². The van der Waals surface area contributed by atoms with Crippen molar-refractivity contribution in [2.24, 2.45) is 0 Å². The second kappa shape index (κ2) is 90.0. The van der Waals surface area contributed by atoms with E-state index in [1.807, 2.05) is 68.0 Å². The third kappa shape index (κ3) is 60.9. The van der Waals surface area contributed by atoms with Gasteiger partial charge in [-0.2, -0.15) is 0 Å². The molecule has 0 radical (unpaired) electrons. The maximum Gasteiger partial charge on any atom is 0.203 e. The Balaban J connectivity index is 0.896. The summed E-state index contributed by atoms with van der Waals surface area (Å²) in [6.07, 6.45) is 122. The van der Waals surface area contributed by atoms with Crippen molar-refractivity contribution in [1.29, 1.82) is 0 Å². The molecule has 0 amide bonds. The fraction of sp³-hybridized carbons (Fsp3) is 0.706. The molecule has 12 heteroatoms. The van der Waals surface area contributed by atoms with Crippen molar-refractivity contribution >= 4 is 92.3 Å². The molecule has 0 fully saturated rings. The highest BCUT2D eigenvalue weighted by Crippen LogP contribution is 2.49. The average molecular weight is 2140 g/mol. The second-order valence-electron chi connectivity index (χ2n) is 44.1. The molecule has 2 aromatic carbocycles. The molecule has 0 saturated heterocycles. The zero-order chi connectivity index (χ0) is 104. The molecule has 6 nitrogen and oxygen atoms in total. The minimum atomic E-state index is 0.682. The molecule has 8 rings (SSSR count). The second-order valence-corrected chi connectivity index (χ2v) is 50.7. The van der Waals surface area contributed by atoms with Gasteiger partial charge in [0, 0.05) is 58.5 Å². The molecule has 0 aliphatic heterocycles. The average Bonchev–Trinajstić information content (AvgIpc) is 1.64. The first-order valence-corrected chi connectivity index (χ1v) is 68.4. The molecule has 0 N–H and O–H groups in total. The maximum absolute atomic E-state index is 6.89. The molecule has 0 saturated carbocycles. The van der Waals surface area contributed by atoms with Crippen LogP contribution in [-0.2, 0) is 0 Å².